The standard InChI is InChI=1S/C32H36ClN3O4S/c1-4-17-34(19-22-9-7-6-8-10-22)29(38)26-25-15-16-32(41-25)27(26)30(39)36(21(3)20-37)28(32)31(40)35(18-5-2)24-13-11-23(33)12-14-24/h4-14,21,25-28,37H,1-2,15-20H2,3H3/t21-,25+,26-,27+,28?,32?/m1/s1. The maximum absolute atomic E-state index is 14.5. The molecule has 9 heteroatoms. The second-order valence-electron chi connectivity index (χ2n) is 11.0. The number of amides is 3. The van der Waals surface area contributed by atoms with E-state index >= 15 is 0 Å². The zero-order valence-electron chi connectivity index (χ0n) is 23.2. The van der Waals surface area contributed by atoms with Gasteiger partial charge in [0.2, 0.25) is 11.8 Å². The van der Waals surface area contributed by atoms with E-state index in [0.717, 1.165) is 12.0 Å². The van der Waals surface area contributed by atoms with Crippen LogP contribution >= 0.6 is 23.4 Å². The Morgan fingerprint density at radius 3 is 2.44 bits per heavy atom. The van der Waals surface area contributed by atoms with Gasteiger partial charge in [-0.2, -0.15) is 0 Å². The van der Waals surface area contributed by atoms with Gasteiger partial charge in [-0.05, 0) is 49.6 Å². The fraction of sp³-hybridized carbons (Fsp3) is 0.406. The summed E-state index contributed by atoms with van der Waals surface area (Å²) in [5, 5.41) is 10.7. The van der Waals surface area contributed by atoms with Crippen LogP contribution in [0, 0.1) is 11.8 Å². The number of benzene rings is 2. The van der Waals surface area contributed by atoms with Gasteiger partial charge in [0.05, 0.1) is 29.2 Å². The number of carbonyl (C=O) groups excluding carboxylic acids is 3. The highest BCUT2D eigenvalue weighted by atomic mass is 35.5. The summed E-state index contributed by atoms with van der Waals surface area (Å²) in [6, 6.07) is 15.4. The van der Waals surface area contributed by atoms with Gasteiger partial charge in [-0.25, -0.2) is 0 Å². The molecule has 3 heterocycles. The molecule has 0 aliphatic carbocycles. The van der Waals surface area contributed by atoms with Crippen molar-refractivity contribution >= 4 is 46.8 Å². The van der Waals surface area contributed by atoms with E-state index in [1.165, 1.54) is 0 Å². The molecule has 2 unspecified atom stereocenters. The summed E-state index contributed by atoms with van der Waals surface area (Å²) < 4.78 is -0.763. The van der Waals surface area contributed by atoms with Gasteiger partial charge in [-0.1, -0.05) is 54.1 Å². The van der Waals surface area contributed by atoms with Gasteiger partial charge in [0, 0.05) is 35.6 Å². The Kier molecular flexibility index (Phi) is 8.64. The number of thioether (sulfide) groups is 1. The summed E-state index contributed by atoms with van der Waals surface area (Å²) >= 11 is 7.74. The number of likely N-dealkylation sites (tertiary alicyclic amines) is 1. The predicted octanol–water partition coefficient (Wildman–Crippen LogP) is 4.55. The first-order chi connectivity index (χ1) is 19.8. The van der Waals surface area contributed by atoms with Gasteiger partial charge in [-0.15, -0.1) is 24.9 Å². The molecule has 3 amide bonds. The Bertz CT molecular complexity index is 1320. The Balaban J connectivity index is 1.53. The van der Waals surface area contributed by atoms with Crippen LogP contribution in [0.3, 0.4) is 0 Å². The molecule has 0 radical (unpaired) electrons. The van der Waals surface area contributed by atoms with Gasteiger partial charge >= 0.3 is 0 Å². The van der Waals surface area contributed by atoms with Crippen LogP contribution < -0.4 is 4.90 Å². The summed E-state index contributed by atoms with van der Waals surface area (Å²) in [4.78, 5) is 48.0. The molecule has 2 bridgehead atoms. The second-order valence-corrected chi connectivity index (χ2v) is 13.1. The molecular weight excluding hydrogens is 558 g/mol. The van der Waals surface area contributed by atoms with Crippen LogP contribution in [0.2, 0.25) is 5.02 Å². The molecule has 1 spiro atoms. The third kappa shape index (κ3) is 5.11. The van der Waals surface area contributed by atoms with Crippen molar-refractivity contribution in [3.63, 3.8) is 0 Å². The van der Waals surface area contributed by atoms with E-state index in [0.29, 0.717) is 30.2 Å². The molecule has 0 aromatic heterocycles. The van der Waals surface area contributed by atoms with Crippen molar-refractivity contribution in [1.29, 1.82) is 0 Å². The van der Waals surface area contributed by atoms with E-state index in [1.54, 1.807) is 69.8 Å². The Labute approximate surface area is 250 Å². The van der Waals surface area contributed by atoms with Crippen LogP contribution in [-0.4, -0.2) is 74.4 Å². The summed E-state index contributed by atoms with van der Waals surface area (Å²) in [5.74, 6) is -1.76. The molecule has 41 heavy (non-hydrogen) atoms. The van der Waals surface area contributed by atoms with E-state index < -0.39 is 28.7 Å². The van der Waals surface area contributed by atoms with Crippen molar-refractivity contribution in [2.75, 3.05) is 24.6 Å². The van der Waals surface area contributed by atoms with Gasteiger partial charge in [0.25, 0.3) is 5.91 Å². The molecule has 0 saturated carbocycles. The average molecular weight is 594 g/mol. The monoisotopic (exact) mass is 593 g/mol. The average Bonchev–Trinajstić information content (AvgIpc) is 3.63. The van der Waals surface area contributed by atoms with Crippen molar-refractivity contribution in [1.82, 2.24) is 9.80 Å². The molecule has 216 valence electrons. The number of hydrogen-bond donors (Lipinski definition) is 1. The molecule has 1 N–H and O–H groups in total. The summed E-state index contributed by atoms with van der Waals surface area (Å²) in [6.07, 6.45) is 4.75. The van der Waals surface area contributed by atoms with E-state index in [4.69, 9.17) is 11.6 Å². The second kappa shape index (κ2) is 12.0. The van der Waals surface area contributed by atoms with Gasteiger partial charge in [0.1, 0.15) is 6.04 Å². The van der Waals surface area contributed by atoms with Crippen molar-refractivity contribution in [3.05, 3.63) is 90.5 Å². The number of hydrogen-bond acceptors (Lipinski definition) is 5. The molecule has 6 atom stereocenters. The Hall–Kier alpha value is -3.07. The zero-order chi connectivity index (χ0) is 29.3. The molecule has 3 aliphatic rings. The lowest BCUT2D eigenvalue weighted by molar-refractivity contribution is -0.145. The maximum Gasteiger partial charge on any atom is 0.251 e. The van der Waals surface area contributed by atoms with Gasteiger partial charge in [0.15, 0.2) is 0 Å². The number of carbonyl (C=O) groups is 3. The third-order valence-corrected chi connectivity index (χ3v) is 10.8. The minimum absolute atomic E-state index is 0.0650. The molecule has 2 aromatic carbocycles. The highest BCUT2D eigenvalue weighted by Gasteiger charge is 2.74. The summed E-state index contributed by atoms with van der Waals surface area (Å²) in [5.41, 5.74) is 1.64. The first-order valence-electron chi connectivity index (χ1n) is 14.0. The van der Waals surface area contributed by atoms with Crippen LogP contribution in [-0.2, 0) is 20.9 Å². The van der Waals surface area contributed by atoms with Crippen LogP contribution in [0.5, 0.6) is 0 Å². The smallest absolute Gasteiger partial charge is 0.251 e. The van der Waals surface area contributed by atoms with E-state index in [2.05, 4.69) is 13.2 Å². The SMILES string of the molecule is C=CCN(Cc1ccccc1)C(=O)[C@@H]1[C@@H]2CCC3(S2)C(C(=O)N(CC=C)c2ccc(Cl)cc2)N([C@H](C)CO)C(=O)[C@H]13. The van der Waals surface area contributed by atoms with Crippen molar-refractivity contribution in [3.8, 4) is 0 Å². The fourth-order valence-corrected chi connectivity index (χ4v) is 9.16. The van der Waals surface area contributed by atoms with Gasteiger partial charge in [-0.3, -0.25) is 14.4 Å². The Morgan fingerprint density at radius 1 is 1.12 bits per heavy atom. The fourth-order valence-electron chi connectivity index (χ4n) is 6.84. The van der Waals surface area contributed by atoms with Gasteiger partial charge < -0.3 is 19.8 Å². The summed E-state index contributed by atoms with van der Waals surface area (Å²) in [6.45, 7) is 10.2. The zero-order valence-corrected chi connectivity index (χ0v) is 24.8. The van der Waals surface area contributed by atoms with E-state index in [9.17, 15) is 19.5 Å². The number of nitrogens with zero attached hydrogens (tertiary/aromatic N) is 3. The summed E-state index contributed by atoms with van der Waals surface area (Å²) in [7, 11) is 0. The number of rotatable bonds is 11. The molecule has 2 aromatic rings. The number of aliphatic hydroxyl groups excluding tert-OH is 1. The topological polar surface area (TPSA) is 81.2 Å². The number of aliphatic hydroxyl groups is 1. The number of fused-ring (bicyclic) bond motifs is 1. The normalized spacial score (nSPS) is 26.9. The maximum atomic E-state index is 14.5. The first-order valence-corrected chi connectivity index (χ1v) is 15.3. The van der Waals surface area contributed by atoms with Crippen LogP contribution in [0.15, 0.2) is 79.9 Å². The molecule has 3 saturated heterocycles. The van der Waals surface area contributed by atoms with E-state index in [-0.39, 0.29) is 36.1 Å². The highest BCUT2D eigenvalue weighted by Crippen LogP contribution is 2.67. The predicted molar refractivity (Wildman–Crippen MR) is 164 cm³/mol. The van der Waals surface area contributed by atoms with Crippen molar-refractivity contribution in [2.24, 2.45) is 11.8 Å². The highest BCUT2D eigenvalue weighted by molar-refractivity contribution is 8.02. The molecule has 7 nitrogen and oxygen atoms in total. The lowest BCUT2D eigenvalue weighted by atomic mass is 9.70. The van der Waals surface area contributed by atoms with Crippen molar-refractivity contribution in [2.45, 2.75) is 48.4 Å². The minimum Gasteiger partial charge on any atom is -0.394 e. The third-order valence-electron chi connectivity index (χ3n) is 8.59. The minimum atomic E-state index is -0.826. The lowest BCUT2D eigenvalue weighted by Crippen LogP contribution is -2.57. The van der Waals surface area contributed by atoms with E-state index in [1.807, 2.05) is 30.3 Å². The molecule has 5 rings (SSSR count). The molecule has 3 fully saturated rings. The van der Waals surface area contributed by atoms with Crippen molar-refractivity contribution < 1.29 is 19.5 Å². The van der Waals surface area contributed by atoms with Crippen LogP contribution in [0.1, 0.15) is 25.3 Å². The lowest BCUT2D eigenvalue weighted by Gasteiger charge is -2.39. The molecule has 3 aliphatic heterocycles. The number of anilines is 1. The Morgan fingerprint density at radius 2 is 1.80 bits per heavy atom. The quantitative estimate of drug-likeness (QED) is 0.387. The van der Waals surface area contributed by atoms with Crippen LogP contribution in [0.25, 0.3) is 0 Å². The number of halogens is 1. The van der Waals surface area contributed by atoms with Crippen LogP contribution in [0.4, 0.5) is 5.69 Å². The molecular formula is C32H36ClN3O4S. The largest absolute Gasteiger partial charge is 0.394 e. The first kappa shape index (κ1) is 29.4.